The van der Waals surface area contributed by atoms with Crippen LogP contribution in [0.25, 0.3) is 0 Å². The summed E-state index contributed by atoms with van der Waals surface area (Å²) in [6, 6.07) is 21.2. The fourth-order valence-corrected chi connectivity index (χ4v) is 7.12. The molecule has 0 N–H and O–H groups in total. The van der Waals surface area contributed by atoms with Crippen molar-refractivity contribution in [3.63, 3.8) is 0 Å². The van der Waals surface area contributed by atoms with Crippen molar-refractivity contribution in [3.05, 3.63) is 94.0 Å². The lowest BCUT2D eigenvalue weighted by Gasteiger charge is -2.51. The summed E-state index contributed by atoms with van der Waals surface area (Å²) in [7, 11) is 1.52. The maximum atomic E-state index is 13.9. The zero-order valence-electron chi connectivity index (χ0n) is 16.5. The van der Waals surface area contributed by atoms with Gasteiger partial charge in [-0.2, -0.15) is 0 Å². The second-order valence-corrected chi connectivity index (χ2v) is 9.88. The van der Waals surface area contributed by atoms with Crippen molar-refractivity contribution in [3.8, 4) is 5.75 Å². The first kappa shape index (κ1) is 19.1. The molecule has 4 nitrogen and oxygen atoms in total. The lowest BCUT2D eigenvalue weighted by molar-refractivity contribution is -0.122. The van der Waals surface area contributed by atoms with Gasteiger partial charge in [0.1, 0.15) is 5.75 Å². The van der Waals surface area contributed by atoms with Gasteiger partial charge in [0.2, 0.25) is 11.8 Å². The third-order valence-corrected chi connectivity index (χ3v) is 8.48. The second-order valence-electron chi connectivity index (χ2n) is 8.20. The zero-order valence-corrected chi connectivity index (χ0v) is 18.9. The molecule has 154 valence electrons. The maximum absolute atomic E-state index is 13.9. The molecule has 0 aromatic heterocycles. The largest absolute Gasteiger partial charge is 0.495 e. The van der Waals surface area contributed by atoms with Crippen molar-refractivity contribution in [2.24, 2.45) is 11.8 Å². The highest BCUT2D eigenvalue weighted by molar-refractivity contribution is 9.09. The molecule has 4 aliphatic rings. The Morgan fingerprint density at radius 3 is 2.16 bits per heavy atom. The van der Waals surface area contributed by atoms with Crippen LogP contribution >= 0.6 is 27.5 Å². The van der Waals surface area contributed by atoms with Crippen molar-refractivity contribution in [1.29, 1.82) is 0 Å². The molecule has 1 heterocycles. The molecule has 1 saturated heterocycles. The zero-order chi connectivity index (χ0) is 21.5. The lowest BCUT2D eigenvalue weighted by atomic mass is 9.55. The van der Waals surface area contributed by atoms with E-state index in [4.69, 9.17) is 16.3 Å². The number of ether oxygens (including phenoxy) is 1. The molecule has 3 aromatic carbocycles. The normalized spacial score (nSPS) is 27.7. The minimum absolute atomic E-state index is 0.177. The quantitative estimate of drug-likeness (QED) is 0.361. The number of methoxy groups -OCH3 is 1. The van der Waals surface area contributed by atoms with Crippen LogP contribution in [0.5, 0.6) is 5.75 Å². The van der Waals surface area contributed by atoms with Gasteiger partial charge in [0.15, 0.2) is 0 Å². The van der Waals surface area contributed by atoms with Crippen LogP contribution in [0, 0.1) is 11.8 Å². The van der Waals surface area contributed by atoms with Crippen LogP contribution in [0.15, 0.2) is 66.7 Å². The molecule has 2 amide bonds. The summed E-state index contributed by atoms with van der Waals surface area (Å²) in [5.74, 6) is -1.24. The van der Waals surface area contributed by atoms with Crippen LogP contribution in [-0.2, 0) is 13.9 Å². The van der Waals surface area contributed by atoms with Gasteiger partial charge in [-0.05, 0) is 40.5 Å². The molecule has 0 unspecified atom stereocenters. The molecule has 2 bridgehead atoms. The lowest BCUT2D eigenvalue weighted by Crippen LogP contribution is -2.50. The number of halogens is 2. The van der Waals surface area contributed by atoms with Crippen LogP contribution in [0.1, 0.15) is 28.2 Å². The first-order valence-electron chi connectivity index (χ1n) is 10.1. The molecule has 1 fully saturated rings. The predicted molar refractivity (Wildman–Crippen MR) is 122 cm³/mol. The molecule has 7 rings (SSSR count). The summed E-state index contributed by atoms with van der Waals surface area (Å²) < 4.78 is 4.69. The Hall–Kier alpha value is -2.63. The van der Waals surface area contributed by atoms with E-state index in [1.54, 1.807) is 18.2 Å². The van der Waals surface area contributed by atoms with E-state index in [2.05, 4.69) is 40.2 Å². The average molecular weight is 495 g/mol. The predicted octanol–water partition coefficient (Wildman–Crippen LogP) is 5.25. The van der Waals surface area contributed by atoms with E-state index in [1.165, 1.54) is 12.0 Å². The minimum atomic E-state index is -0.771. The van der Waals surface area contributed by atoms with E-state index >= 15 is 0 Å². The van der Waals surface area contributed by atoms with E-state index in [1.807, 2.05) is 24.3 Å². The van der Waals surface area contributed by atoms with Crippen molar-refractivity contribution >= 4 is 45.0 Å². The average Bonchev–Trinajstić information content (AvgIpc) is 3.05. The molecule has 3 aromatic rings. The summed E-state index contributed by atoms with van der Waals surface area (Å²) >= 11 is 10.2. The van der Waals surface area contributed by atoms with Gasteiger partial charge >= 0.3 is 0 Å². The number of amides is 2. The van der Waals surface area contributed by atoms with Crippen LogP contribution < -0.4 is 9.64 Å². The van der Waals surface area contributed by atoms with Crippen LogP contribution in [0.3, 0.4) is 0 Å². The van der Waals surface area contributed by atoms with E-state index < -0.39 is 16.2 Å². The van der Waals surface area contributed by atoms with Gasteiger partial charge in [-0.25, -0.2) is 4.90 Å². The highest BCUT2D eigenvalue weighted by atomic mass is 79.9. The number of benzene rings is 3. The summed E-state index contributed by atoms with van der Waals surface area (Å²) in [5.41, 5.74) is 4.70. The van der Waals surface area contributed by atoms with Crippen molar-refractivity contribution in [2.75, 3.05) is 12.0 Å². The van der Waals surface area contributed by atoms with E-state index in [9.17, 15) is 9.59 Å². The monoisotopic (exact) mass is 493 g/mol. The number of hydrogen-bond acceptors (Lipinski definition) is 3. The third kappa shape index (κ3) is 2.26. The number of carbonyl (C=O) groups excluding carboxylic acids is 2. The van der Waals surface area contributed by atoms with Gasteiger partial charge < -0.3 is 4.74 Å². The molecule has 2 atom stereocenters. The number of anilines is 1. The number of rotatable bonds is 2. The molecule has 0 saturated carbocycles. The smallest absolute Gasteiger partial charge is 0.239 e. The minimum Gasteiger partial charge on any atom is -0.495 e. The van der Waals surface area contributed by atoms with Crippen molar-refractivity contribution in [1.82, 2.24) is 0 Å². The van der Waals surface area contributed by atoms with Crippen LogP contribution in [-0.4, -0.2) is 18.9 Å². The van der Waals surface area contributed by atoms with Gasteiger partial charge in [0, 0.05) is 10.9 Å². The maximum Gasteiger partial charge on any atom is 0.239 e. The Balaban J connectivity index is 1.62. The van der Waals surface area contributed by atoms with Crippen molar-refractivity contribution in [2.45, 2.75) is 10.2 Å². The van der Waals surface area contributed by atoms with Crippen LogP contribution in [0.4, 0.5) is 5.69 Å². The topological polar surface area (TPSA) is 46.6 Å². The van der Waals surface area contributed by atoms with Gasteiger partial charge in [-0.1, -0.05) is 76.1 Å². The number of alkyl halides is 1. The highest BCUT2D eigenvalue weighted by Gasteiger charge is 2.67. The molecule has 0 spiro atoms. The summed E-state index contributed by atoms with van der Waals surface area (Å²) in [6.07, 6.45) is 0. The molecule has 1 aliphatic heterocycles. The van der Waals surface area contributed by atoms with E-state index in [0.29, 0.717) is 16.5 Å². The summed E-state index contributed by atoms with van der Waals surface area (Å²) in [5, 5.41) is 0.439. The van der Waals surface area contributed by atoms with Crippen molar-refractivity contribution < 1.29 is 14.3 Å². The summed E-state index contributed by atoms with van der Waals surface area (Å²) in [4.78, 5) is 29.1. The molecule has 3 aliphatic carbocycles. The molecule has 31 heavy (non-hydrogen) atoms. The molecular formula is C25H17BrClNO3. The Kier molecular flexibility index (Phi) is 3.96. The molecule has 0 radical (unpaired) electrons. The van der Waals surface area contributed by atoms with Crippen LogP contribution in [0.2, 0.25) is 5.02 Å². The van der Waals surface area contributed by atoms with Gasteiger partial charge in [-0.3, -0.25) is 9.59 Å². The van der Waals surface area contributed by atoms with E-state index in [0.717, 1.165) is 22.3 Å². The Morgan fingerprint density at radius 2 is 1.55 bits per heavy atom. The molecular weight excluding hydrogens is 478 g/mol. The first-order valence-corrected chi connectivity index (χ1v) is 11.2. The SMILES string of the molecule is COc1ccc(Cl)cc1N1C(=O)[C@@H]2C3c4ccccc4C(Br)(c4ccccc43)[C@@H]2C1=O. The van der Waals surface area contributed by atoms with Gasteiger partial charge in [0.05, 0.1) is 29.0 Å². The Morgan fingerprint density at radius 1 is 0.935 bits per heavy atom. The number of carbonyl (C=O) groups is 2. The Bertz CT molecular complexity index is 1240. The summed E-state index contributed by atoms with van der Waals surface area (Å²) in [6.45, 7) is 0. The third-order valence-electron chi connectivity index (χ3n) is 6.90. The fourth-order valence-electron chi connectivity index (χ4n) is 5.75. The van der Waals surface area contributed by atoms with Gasteiger partial charge in [-0.15, -0.1) is 0 Å². The number of hydrogen-bond donors (Lipinski definition) is 0. The fraction of sp³-hybridized carbons (Fsp3) is 0.200. The standard InChI is InChI=1S/C25H17BrClNO3/c1-31-19-11-10-13(27)12-18(19)28-23(29)21-20-14-6-2-4-8-16(14)25(26,22(21)24(28)30)17-9-5-3-7-15(17)20/h2-12,20-22H,1H3/t20?,21-,22+,25?/m1/s1. The van der Waals surface area contributed by atoms with Gasteiger partial charge in [0.25, 0.3) is 0 Å². The molecule has 6 heteroatoms. The second kappa shape index (κ2) is 6.44. The highest BCUT2D eigenvalue weighted by Crippen LogP contribution is 2.66. The number of nitrogens with zero attached hydrogens (tertiary/aromatic N) is 1. The number of imide groups is 1. The Labute approximate surface area is 192 Å². The van der Waals surface area contributed by atoms with E-state index in [-0.39, 0.29) is 17.7 Å². The first-order chi connectivity index (χ1) is 15.0.